The zero-order valence-electron chi connectivity index (χ0n) is 17.1. The molecule has 0 heterocycles. The molecule has 2 amide bonds. The van der Waals surface area contributed by atoms with Gasteiger partial charge in [-0.2, -0.15) is 0 Å². The van der Waals surface area contributed by atoms with Crippen LogP contribution in [0.2, 0.25) is 0 Å². The van der Waals surface area contributed by atoms with E-state index in [1.807, 2.05) is 30.3 Å². The number of nitro groups is 1. The maximum atomic E-state index is 12.3. The first-order chi connectivity index (χ1) is 14.8. The molecule has 0 aromatic heterocycles. The number of rotatable bonds is 10. The fourth-order valence-electron chi connectivity index (χ4n) is 2.60. The smallest absolute Gasteiger partial charge is 0.308 e. The van der Waals surface area contributed by atoms with Crippen LogP contribution in [0.3, 0.4) is 0 Å². The van der Waals surface area contributed by atoms with Gasteiger partial charge in [0.15, 0.2) is 6.10 Å². The number of nitrogens with one attached hydrogen (secondary N) is 2. The van der Waals surface area contributed by atoms with Crippen LogP contribution in [0.5, 0.6) is 5.75 Å². The van der Waals surface area contributed by atoms with Gasteiger partial charge in [-0.1, -0.05) is 30.3 Å². The molecule has 1 atom stereocenters. The SMILES string of the molecule is COc1ccc([N+](=O)[O-])cc1NC(=O)C(C)OC(=O)CCNC(=O)Cc1ccccc1. The summed E-state index contributed by atoms with van der Waals surface area (Å²) >= 11 is 0. The minimum Gasteiger partial charge on any atom is -0.495 e. The van der Waals surface area contributed by atoms with E-state index in [0.717, 1.165) is 11.6 Å². The van der Waals surface area contributed by atoms with Gasteiger partial charge < -0.3 is 20.1 Å². The molecular formula is C21H23N3O7. The van der Waals surface area contributed by atoms with Gasteiger partial charge in [-0.25, -0.2) is 0 Å². The van der Waals surface area contributed by atoms with Gasteiger partial charge in [0.25, 0.3) is 11.6 Å². The topological polar surface area (TPSA) is 137 Å². The van der Waals surface area contributed by atoms with Gasteiger partial charge in [-0.3, -0.25) is 24.5 Å². The summed E-state index contributed by atoms with van der Waals surface area (Å²) in [5.41, 5.74) is 0.703. The van der Waals surface area contributed by atoms with E-state index >= 15 is 0 Å². The summed E-state index contributed by atoms with van der Waals surface area (Å²) in [7, 11) is 1.35. The Morgan fingerprint density at radius 2 is 1.84 bits per heavy atom. The quantitative estimate of drug-likeness (QED) is 0.336. The molecule has 0 aliphatic carbocycles. The number of hydrogen-bond acceptors (Lipinski definition) is 7. The average Bonchev–Trinajstić information content (AvgIpc) is 2.74. The van der Waals surface area contributed by atoms with Crippen molar-refractivity contribution in [3.8, 4) is 5.75 Å². The minimum atomic E-state index is -1.16. The number of non-ortho nitro benzene ring substituents is 1. The number of hydrogen-bond donors (Lipinski definition) is 2. The lowest BCUT2D eigenvalue weighted by atomic mass is 10.1. The van der Waals surface area contributed by atoms with Crippen LogP contribution in [0.1, 0.15) is 18.9 Å². The van der Waals surface area contributed by atoms with Crippen molar-refractivity contribution in [2.75, 3.05) is 19.0 Å². The van der Waals surface area contributed by atoms with Crippen molar-refractivity contribution < 1.29 is 28.8 Å². The fourth-order valence-corrected chi connectivity index (χ4v) is 2.60. The molecule has 1 unspecified atom stereocenters. The molecule has 0 aliphatic rings. The molecule has 2 rings (SSSR count). The molecule has 10 nitrogen and oxygen atoms in total. The van der Waals surface area contributed by atoms with Crippen LogP contribution in [0, 0.1) is 10.1 Å². The zero-order valence-corrected chi connectivity index (χ0v) is 17.1. The molecule has 0 saturated heterocycles. The van der Waals surface area contributed by atoms with Gasteiger partial charge in [0.1, 0.15) is 5.75 Å². The standard InChI is InChI=1S/C21H23N3O7/c1-14(21(27)23-17-13-16(24(28)29)8-9-18(17)30-2)31-20(26)10-11-22-19(25)12-15-6-4-3-5-7-15/h3-9,13-14H,10-12H2,1-2H3,(H,22,25)(H,23,27). The van der Waals surface area contributed by atoms with Crippen LogP contribution in [-0.4, -0.2) is 42.5 Å². The lowest BCUT2D eigenvalue weighted by molar-refractivity contribution is -0.384. The molecule has 0 fully saturated rings. The molecular weight excluding hydrogens is 406 g/mol. The van der Waals surface area contributed by atoms with E-state index in [2.05, 4.69) is 10.6 Å². The third-order valence-electron chi connectivity index (χ3n) is 4.19. The zero-order chi connectivity index (χ0) is 22.8. The first-order valence-electron chi connectivity index (χ1n) is 9.43. The number of nitrogens with zero attached hydrogens (tertiary/aromatic N) is 1. The van der Waals surface area contributed by atoms with Crippen molar-refractivity contribution in [1.29, 1.82) is 0 Å². The third-order valence-corrected chi connectivity index (χ3v) is 4.19. The van der Waals surface area contributed by atoms with Gasteiger partial charge in [-0.15, -0.1) is 0 Å². The van der Waals surface area contributed by atoms with Crippen LogP contribution in [0.25, 0.3) is 0 Å². The summed E-state index contributed by atoms with van der Waals surface area (Å²) in [5, 5.41) is 16.0. The number of carbonyl (C=O) groups is 3. The molecule has 164 valence electrons. The number of amides is 2. The number of carbonyl (C=O) groups excluding carboxylic acids is 3. The third kappa shape index (κ3) is 7.42. The number of ether oxygens (including phenoxy) is 2. The van der Waals surface area contributed by atoms with Crippen molar-refractivity contribution >= 4 is 29.2 Å². The Morgan fingerprint density at radius 3 is 2.48 bits per heavy atom. The predicted octanol–water partition coefficient (Wildman–Crippen LogP) is 2.22. The molecule has 2 N–H and O–H groups in total. The maximum absolute atomic E-state index is 12.3. The first kappa shape index (κ1) is 23.3. The Morgan fingerprint density at radius 1 is 1.13 bits per heavy atom. The molecule has 0 radical (unpaired) electrons. The highest BCUT2D eigenvalue weighted by atomic mass is 16.6. The van der Waals surface area contributed by atoms with Gasteiger partial charge in [-0.05, 0) is 18.6 Å². The second-order valence-corrected chi connectivity index (χ2v) is 6.53. The van der Waals surface area contributed by atoms with E-state index in [1.54, 1.807) is 0 Å². The van der Waals surface area contributed by atoms with E-state index in [1.165, 1.54) is 26.2 Å². The molecule has 2 aromatic carbocycles. The molecule has 0 bridgehead atoms. The van der Waals surface area contributed by atoms with Crippen LogP contribution < -0.4 is 15.4 Å². The first-order valence-corrected chi connectivity index (χ1v) is 9.43. The van der Waals surface area contributed by atoms with Crippen LogP contribution >= 0.6 is 0 Å². The van der Waals surface area contributed by atoms with Crippen molar-refractivity contribution in [3.63, 3.8) is 0 Å². The van der Waals surface area contributed by atoms with E-state index in [4.69, 9.17) is 9.47 Å². The normalized spacial score (nSPS) is 11.2. The number of benzene rings is 2. The Balaban J connectivity index is 1.80. The highest BCUT2D eigenvalue weighted by Crippen LogP contribution is 2.29. The lowest BCUT2D eigenvalue weighted by Crippen LogP contribution is -2.32. The van der Waals surface area contributed by atoms with Crippen molar-refractivity contribution in [2.45, 2.75) is 25.9 Å². The van der Waals surface area contributed by atoms with Crippen LogP contribution in [0.15, 0.2) is 48.5 Å². The summed E-state index contributed by atoms with van der Waals surface area (Å²) < 4.78 is 10.1. The van der Waals surface area contributed by atoms with E-state index < -0.39 is 22.9 Å². The number of esters is 1. The van der Waals surface area contributed by atoms with Gasteiger partial charge in [0.2, 0.25) is 5.91 Å². The largest absolute Gasteiger partial charge is 0.495 e. The van der Waals surface area contributed by atoms with E-state index in [-0.39, 0.29) is 42.4 Å². The molecule has 2 aromatic rings. The van der Waals surface area contributed by atoms with Crippen molar-refractivity contribution in [2.24, 2.45) is 0 Å². The fraction of sp³-hybridized carbons (Fsp3) is 0.286. The second-order valence-electron chi connectivity index (χ2n) is 6.53. The summed E-state index contributed by atoms with van der Waals surface area (Å²) in [6, 6.07) is 12.9. The predicted molar refractivity (Wildman–Crippen MR) is 112 cm³/mol. The second kappa shape index (κ2) is 11.3. The van der Waals surface area contributed by atoms with E-state index in [9.17, 15) is 24.5 Å². The minimum absolute atomic E-state index is 0.0670. The number of nitro benzene ring substituents is 1. The molecule has 10 heteroatoms. The highest BCUT2D eigenvalue weighted by Gasteiger charge is 2.21. The van der Waals surface area contributed by atoms with Crippen LogP contribution in [0.4, 0.5) is 11.4 Å². The molecule has 31 heavy (non-hydrogen) atoms. The van der Waals surface area contributed by atoms with Gasteiger partial charge >= 0.3 is 5.97 Å². The molecule has 0 aliphatic heterocycles. The lowest BCUT2D eigenvalue weighted by Gasteiger charge is -2.15. The number of anilines is 1. The Bertz CT molecular complexity index is 947. The Labute approximate surface area is 178 Å². The molecule has 0 saturated carbocycles. The summed E-state index contributed by atoms with van der Waals surface area (Å²) in [5.74, 6) is -1.37. The Kier molecular flexibility index (Phi) is 8.50. The van der Waals surface area contributed by atoms with Gasteiger partial charge in [0, 0.05) is 18.7 Å². The summed E-state index contributed by atoms with van der Waals surface area (Å²) in [6.07, 6.45) is -1.07. The molecule has 0 spiro atoms. The van der Waals surface area contributed by atoms with Crippen molar-refractivity contribution in [3.05, 3.63) is 64.2 Å². The van der Waals surface area contributed by atoms with Crippen LogP contribution in [-0.2, 0) is 25.5 Å². The highest BCUT2D eigenvalue weighted by molar-refractivity contribution is 5.96. The van der Waals surface area contributed by atoms with Gasteiger partial charge in [0.05, 0.1) is 30.6 Å². The summed E-state index contributed by atoms with van der Waals surface area (Å²) in [4.78, 5) is 46.4. The average molecular weight is 429 g/mol. The van der Waals surface area contributed by atoms with Crippen molar-refractivity contribution in [1.82, 2.24) is 5.32 Å². The summed E-state index contributed by atoms with van der Waals surface area (Å²) in [6.45, 7) is 1.43. The van der Waals surface area contributed by atoms with E-state index in [0.29, 0.717) is 0 Å². The monoisotopic (exact) mass is 429 g/mol. The Hall–Kier alpha value is -3.95. The number of methoxy groups -OCH3 is 1. The maximum Gasteiger partial charge on any atom is 0.308 e.